The number of aromatic nitrogens is 1. The fourth-order valence-electron chi connectivity index (χ4n) is 1.33. The van der Waals surface area contributed by atoms with Crippen LogP contribution in [0.2, 0.25) is 10.0 Å². The predicted molar refractivity (Wildman–Crippen MR) is 61.4 cm³/mol. The number of aryl methyl sites for hydroxylation is 1. The highest BCUT2D eigenvalue weighted by Gasteiger charge is 2.08. The van der Waals surface area contributed by atoms with Gasteiger partial charge in [-0.25, -0.2) is 4.98 Å². The minimum Gasteiger partial charge on any atom is -0.441 e. The van der Waals surface area contributed by atoms with Gasteiger partial charge < -0.3 is 10.2 Å². The fourth-order valence-corrected chi connectivity index (χ4v) is 1.64. The Morgan fingerprint density at radius 2 is 2.00 bits per heavy atom. The molecule has 0 atom stereocenters. The molecule has 0 aliphatic rings. The number of rotatable bonds is 3. The van der Waals surface area contributed by atoms with Crippen LogP contribution in [0.1, 0.15) is 12.3 Å². The van der Waals surface area contributed by atoms with Gasteiger partial charge in [-0.1, -0.05) is 23.2 Å². The van der Waals surface area contributed by atoms with Crippen molar-refractivity contribution in [2.45, 2.75) is 12.8 Å². The smallest absolute Gasteiger partial charge is 0.195 e. The largest absolute Gasteiger partial charge is 0.441 e. The summed E-state index contributed by atoms with van der Waals surface area (Å²) in [6.07, 6.45) is 1.59. The van der Waals surface area contributed by atoms with Crippen molar-refractivity contribution in [3.8, 4) is 0 Å². The van der Waals surface area contributed by atoms with Gasteiger partial charge in [0, 0.05) is 12.5 Å². The van der Waals surface area contributed by atoms with Crippen molar-refractivity contribution in [1.29, 1.82) is 0 Å². The first kappa shape index (κ1) is 10.7. The molecule has 3 nitrogen and oxygen atoms in total. The molecule has 0 bridgehead atoms. The summed E-state index contributed by atoms with van der Waals surface area (Å²) in [7, 11) is 0. The monoisotopic (exact) mass is 244 g/mol. The average Bonchev–Trinajstić information content (AvgIpc) is 2.58. The van der Waals surface area contributed by atoms with Gasteiger partial charge in [0.1, 0.15) is 5.52 Å². The van der Waals surface area contributed by atoms with E-state index >= 15 is 0 Å². The standard InChI is InChI=1S/C10H10Cl2N2O/c11-6-4-8-9(5-7(6)12)15-10(14-8)2-1-3-13/h4-5H,1-3,13H2. The summed E-state index contributed by atoms with van der Waals surface area (Å²) < 4.78 is 5.50. The third kappa shape index (κ3) is 2.25. The summed E-state index contributed by atoms with van der Waals surface area (Å²) in [4.78, 5) is 4.29. The molecule has 15 heavy (non-hydrogen) atoms. The van der Waals surface area contributed by atoms with Crippen LogP contribution in [0, 0.1) is 0 Å². The van der Waals surface area contributed by atoms with E-state index in [9.17, 15) is 0 Å². The molecule has 0 saturated heterocycles. The van der Waals surface area contributed by atoms with Crippen LogP contribution in [0.3, 0.4) is 0 Å². The summed E-state index contributed by atoms with van der Waals surface area (Å²) in [5.74, 6) is 0.675. The predicted octanol–water partition coefficient (Wildman–Crippen LogP) is 3.03. The van der Waals surface area contributed by atoms with E-state index in [2.05, 4.69) is 4.98 Å². The highest BCUT2D eigenvalue weighted by atomic mass is 35.5. The van der Waals surface area contributed by atoms with Gasteiger partial charge in [0.25, 0.3) is 0 Å². The Balaban J connectivity index is 2.38. The van der Waals surface area contributed by atoms with Crippen molar-refractivity contribution in [2.24, 2.45) is 5.73 Å². The normalized spacial score (nSPS) is 11.1. The van der Waals surface area contributed by atoms with Gasteiger partial charge in [-0.05, 0) is 19.0 Å². The Morgan fingerprint density at radius 1 is 1.27 bits per heavy atom. The van der Waals surface area contributed by atoms with Crippen LogP contribution in [0.5, 0.6) is 0 Å². The molecule has 5 heteroatoms. The molecule has 2 rings (SSSR count). The molecule has 0 spiro atoms. The Labute approximate surface area is 97.2 Å². The number of nitrogens with zero attached hydrogens (tertiary/aromatic N) is 1. The van der Waals surface area contributed by atoms with Crippen molar-refractivity contribution in [1.82, 2.24) is 4.98 Å². The maximum Gasteiger partial charge on any atom is 0.195 e. The van der Waals surface area contributed by atoms with Crippen molar-refractivity contribution in [3.63, 3.8) is 0 Å². The van der Waals surface area contributed by atoms with E-state index in [-0.39, 0.29) is 0 Å². The fraction of sp³-hybridized carbons (Fsp3) is 0.300. The molecule has 0 fully saturated rings. The van der Waals surface area contributed by atoms with E-state index < -0.39 is 0 Å². The Kier molecular flexibility index (Phi) is 3.14. The number of nitrogens with two attached hydrogens (primary N) is 1. The molecule has 0 aliphatic heterocycles. The minimum absolute atomic E-state index is 0.477. The number of hydrogen-bond acceptors (Lipinski definition) is 3. The van der Waals surface area contributed by atoms with Crippen LogP contribution in [0.25, 0.3) is 11.1 Å². The zero-order valence-electron chi connectivity index (χ0n) is 7.96. The van der Waals surface area contributed by atoms with Gasteiger partial charge in [0.15, 0.2) is 11.5 Å². The number of oxazole rings is 1. The number of halogens is 2. The van der Waals surface area contributed by atoms with Gasteiger partial charge in [0.05, 0.1) is 10.0 Å². The Hall–Kier alpha value is -0.770. The Morgan fingerprint density at radius 3 is 2.73 bits per heavy atom. The van der Waals surface area contributed by atoms with E-state index in [1.54, 1.807) is 12.1 Å². The van der Waals surface area contributed by atoms with Crippen LogP contribution in [-0.4, -0.2) is 11.5 Å². The second kappa shape index (κ2) is 4.39. The van der Waals surface area contributed by atoms with Gasteiger partial charge in [0.2, 0.25) is 0 Å². The minimum atomic E-state index is 0.477. The third-order valence-corrected chi connectivity index (χ3v) is 2.79. The highest BCUT2D eigenvalue weighted by molar-refractivity contribution is 6.42. The van der Waals surface area contributed by atoms with Crippen molar-refractivity contribution < 1.29 is 4.42 Å². The second-order valence-corrected chi connectivity index (χ2v) is 4.05. The van der Waals surface area contributed by atoms with Crippen LogP contribution in [0.4, 0.5) is 0 Å². The molecular weight excluding hydrogens is 235 g/mol. The van der Waals surface area contributed by atoms with Crippen LogP contribution in [-0.2, 0) is 6.42 Å². The van der Waals surface area contributed by atoms with Crippen LogP contribution >= 0.6 is 23.2 Å². The molecule has 1 aromatic carbocycles. The quantitative estimate of drug-likeness (QED) is 0.904. The number of hydrogen-bond donors (Lipinski definition) is 1. The molecule has 1 aromatic heterocycles. The zero-order chi connectivity index (χ0) is 10.8. The topological polar surface area (TPSA) is 52.0 Å². The second-order valence-electron chi connectivity index (χ2n) is 3.23. The van der Waals surface area contributed by atoms with E-state index in [0.29, 0.717) is 28.1 Å². The lowest BCUT2D eigenvalue weighted by atomic mass is 10.3. The van der Waals surface area contributed by atoms with E-state index in [4.69, 9.17) is 33.4 Å². The zero-order valence-corrected chi connectivity index (χ0v) is 9.48. The first-order valence-corrected chi connectivity index (χ1v) is 5.41. The molecular formula is C10H10Cl2N2O. The van der Waals surface area contributed by atoms with Gasteiger partial charge in [-0.3, -0.25) is 0 Å². The molecule has 2 N–H and O–H groups in total. The Bertz CT molecular complexity index is 442. The summed E-state index contributed by atoms with van der Waals surface area (Å²) >= 11 is 11.7. The molecule has 0 amide bonds. The third-order valence-electron chi connectivity index (χ3n) is 2.07. The molecule has 0 saturated carbocycles. The lowest BCUT2D eigenvalue weighted by molar-refractivity contribution is 0.521. The molecule has 0 unspecified atom stereocenters. The van der Waals surface area contributed by atoms with Gasteiger partial charge in [-0.15, -0.1) is 0 Å². The molecule has 0 radical (unpaired) electrons. The molecule has 0 aliphatic carbocycles. The van der Waals surface area contributed by atoms with Crippen molar-refractivity contribution in [2.75, 3.05) is 6.54 Å². The number of fused-ring (bicyclic) bond motifs is 1. The molecule has 1 heterocycles. The maximum atomic E-state index is 5.87. The van der Waals surface area contributed by atoms with Gasteiger partial charge >= 0.3 is 0 Å². The molecule has 80 valence electrons. The summed E-state index contributed by atoms with van der Waals surface area (Å²) in [6.45, 7) is 0.625. The first-order valence-electron chi connectivity index (χ1n) is 4.65. The molecule has 2 aromatic rings. The first-order chi connectivity index (χ1) is 7.20. The van der Waals surface area contributed by atoms with Crippen LogP contribution in [0.15, 0.2) is 16.5 Å². The summed E-state index contributed by atoms with van der Waals surface area (Å²) in [5, 5.41) is 0.966. The van der Waals surface area contributed by atoms with Gasteiger partial charge in [-0.2, -0.15) is 0 Å². The van der Waals surface area contributed by atoms with Crippen molar-refractivity contribution in [3.05, 3.63) is 28.1 Å². The SMILES string of the molecule is NCCCc1nc2cc(Cl)c(Cl)cc2o1. The highest BCUT2D eigenvalue weighted by Crippen LogP contribution is 2.28. The maximum absolute atomic E-state index is 5.87. The van der Waals surface area contributed by atoms with Crippen LogP contribution < -0.4 is 5.73 Å². The van der Waals surface area contributed by atoms with E-state index in [1.165, 1.54) is 0 Å². The summed E-state index contributed by atoms with van der Waals surface area (Å²) in [5.41, 5.74) is 6.80. The van der Waals surface area contributed by atoms with E-state index in [0.717, 1.165) is 18.4 Å². The average molecular weight is 245 g/mol. The lowest BCUT2D eigenvalue weighted by Gasteiger charge is -1.92. The lowest BCUT2D eigenvalue weighted by Crippen LogP contribution is -2.00. The number of benzene rings is 1. The summed E-state index contributed by atoms with van der Waals surface area (Å²) in [6, 6.07) is 3.38. The van der Waals surface area contributed by atoms with Crippen molar-refractivity contribution >= 4 is 34.3 Å². The van der Waals surface area contributed by atoms with E-state index in [1.807, 2.05) is 0 Å².